The maximum atomic E-state index is 12.2. The molecule has 0 N–H and O–H groups in total. The summed E-state index contributed by atoms with van der Waals surface area (Å²) in [5, 5.41) is 0.184. The SMILES string of the molecule is CC[C@H](C)C[C@@H](COC(=O)C(C)(C)C)[C@@H](CC)O[Si](C)(C)C(C)(C)C. The summed E-state index contributed by atoms with van der Waals surface area (Å²) in [6.45, 7) is 24.3. The molecule has 0 aliphatic carbocycles. The van der Waals surface area contributed by atoms with E-state index in [1.807, 2.05) is 20.8 Å². The Hall–Kier alpha value is -0.353. The predicted octanol–water partition coefficient (Wildman–Crippen LogP) is 6.43. The Bertz CT molecular complexity index is 404. The Morgan fingerprint density at radius 2 is 1.52 bits per heavy atom. The van der Waals surface area contributed by atoms with E-state index in [1.165, 1.54) is 0 Å². The average molecular weight is 373 g/mol. The highest BCUT2D eigenvalue weighted by molar-refractivity contribution is 6.74. The van der Waals surface area contributed by atoms with Gasteiger partial charge in [0.25, 0.3) is 0 Å². The standard InChI is InChI=1S/C21H44O3Si/c1-12-16(3)14-17(15-23-19(22)20(4,5)6)18(13-2)24-25(10,11)21(7,8)9/h16-18H,12-15H2,1-11H3/t16-,17-,18+/m0/s1. The largest absolute Gasteiger partial charge is 0.465 e. The van der Waals surface area contributed by atoms with Crippen molar-refractivity contribution in [1.29, 1.82) is 0 Å². The number of carbonyl (C=O) groups excluding carboxylic acids is 1. The van der Waals surface area contributed by atoms with E-state index < -0.39 is 13.7 Å². The minimum atomic E-state index is -1.85. The van der Waals surface area contributed by atoms with Crippen molar-refractivity contribution in [3.05, 3.63) is 0 Å². The van der Waals surface area contributed by atoms with Gasteiger partial charge in [0.2, 0.25) is 0 Å². The third kappa shape index (κ3) is 8.25. The second-order valence-electron chi connectivity index (χ2n) is 10.2. The zero-order chi connectivity index (χ0) is 20.1. The van der Waals surface area contributed by atoms with E-state index in [0.717, 1.165) is 19.3 Å². The lowest BCUT2D eigenvalue weighted by Crippen LogP contribution is -2.46. The minimum absolute atomic E-state index is 0.121. The molecule has 4 heteroatoms. The van der Waals surface area contributed by atoms with Gasteiger partial charge in [0.1, 0.15) is 0 Å². The minimum Gasteiger partial charge on any atom is -0.465 e. The smallest absolute Gasteiger partial charge is 0.311 e. The van der Waals surface area contributed by atoms with Crippen LogP contribution in [0, 0.1) is 17.3 Å². The molecular weight excluding hydrogens is 328 g/mol. The highest BCUT2D eigenvalue weighted by atomic mass is 28.4. The number of hydrogen-bond donors (Lipinski definition) is 0. The van der Waals surface area contributed by atoms with Crippen LogP contribution in [0.3, 0.4) is 0 Å². The summed E-state index contributed by atoms with van der Waals surface area (Å²) in [4.78, 5) is 12.2. The summed E-state index contributed by atoms with van der Waals surface area (Å²) in [7, 11) is -1.85. The maximum absolute atomic E-state index is 12.2. The molecule has 3 atom stereocenters. The van der Waals surface area contributed by atoms with Crippen molar-refractivity contribution in [2.45, 2.75) is 106 Å². The van der Waals surface area contributed by atoms with E-state index in [-0.39, 0.29) is 23.0 Å². The van der Waals surface area contributed by atoms with Gasteiger partial charge in [0.15, 0.2) is 8.32 Å². The van der Waals surface area contributed by atoms with Crippen molar-refractivity contribution in [3.8, 4) is 0 Å². The molecule has 3 nitrogen and oxygen atoms in total. The van der Waals surface area contributed by atoms with Crippen LogP contribution in [0.25, 0.3) is 0 Å². The maximum Gasteiger partial charge on any atom is 0.311 e. The molecule has 0 aromatic carbocycles. The summed E-state index contributed by atoms with van der Waals surface area (Å²) in [6, 6.07) is 0. The topological polar surface area (TPSA) is 35.5 Å². The number of rotatable bonds is 9. The van der Waals surface area contributed by atoms with Gasteiger partial charge in [-0.25, -0.2) is 0 Å². The molecule has 0 aliphatic rings. The van der Waals surface area contributed by atoms with Crippen LogP contribution < -0.4 is 0 Å². The highest BCUT2D eigenvalue weighted by Crippen LogP contribution is 2.39. The van der Waals surface area contributed by atoms with Gasteiger partial charge in [-0.1, -0.05) is 48.0 Å². The lowest BCUT2D eigenvalue weighted by Gasteiger charge is -2.41. The molecule has 0 unspecified atom stereocenters. The lowest BCUT2D eigenvalue weighted by atomic mass is 9.89. The fourth-order valence-corrected chi connectivity index (χ4v) is 3.95. The van der Waals surface area contributed by atoms with Gasteiger partial charge in [0, 0.05) is 5.92 Å². The van der Waals surface area contributed by atoms with Gasteiger partial charge < -0.3 is 9.16 Å². The molecule has 0 saturated heterocycles. The van der Waals surface area contributed by atoms with Crippen LogP contribution in [-0.4, -0.2) is 27.0 Å². The first kappa shape index (κ1) is 24.6. The zero-order valence-corrected chi connectivity index (χ0v) is 19.8. The summed E-state index contributed by atoms with van der Waals surface area (Å²) >= 11 is 0. The molecule has 0 amide bonds. The summed E-state index contributed by atoms with van der Waals surface area (Å²) in [5.41, 5.74) is -0.455. The summed E-state index contributed by atoms with van der Waals surface area (Å²) in [5.74, 6) is 0.750. The first-order valence-electron chi connectivity index (χ1n) is 10.0. The molecular formula is C21H44O3Si. The van der Waals surface area contributed by atoms with E-state index in [1.54, 1.807) is 0 Å². The van der Waals surface area contributed by atoms with Crippen molar-refractivity contribution >= 4 is 14.3 Å². The van der Waals surface area contributed by atoms with Crippen molar-refractivity contribution in [1.82, 2.24) is 0 Å². The fourth-order valence-electron chi connectivity index (χ4n) is 2.48. The highest BCUT2D eigenvalue weighted by Gasteiger charge is 2.40. The lowest BCUT2D eigenvalue weighted by molar-refractivity contribution is -0.155. The average Bonchev–Trinajstić information content (AvgIpc) is 2.46. The summed E-state index contributed by atoms with van der Waals surface area (Å²) < 4.78 is 12.4. The molecule has 0 saturated carbocycles. The molecule has 0 spiro atoms. The Balaban J connectivity index is 5.24. The van der Waals surface area contributed by atoms with E-state index in [9.17, 15) is 4.79 Å². The first-order valence-corrected chi connectivity index (χ1v) is 12.9. The zero-order valence-electron chi connectivity index (χ0n) is 18.8. The third-order valence-electron chi connectivity index (χ3n) is 5.62. The van der Waals surface area contributed by atoms with E-state index >= 15 is 0 Å². The second kappa shape index (κ2) is 9.54. The Kier molecular flexibility index (Phi) is 9.41. The van der Waals surface area contributed by atoms with Gasteiger partial charge in [-0.2, -0.15) is 0 Å². The molecule has 0 bridgehead atoms. The van der Waals surface area contributed by atoms with Crippen molar-refractivity contribution < 1.29 is 14.0 Å². The molecule has 0 radical (unpaired) electrons. The molecule has 150 valence electrons. The number of esters is 1. The Labute approximate surface area is 158 Å². The number of carbonyl (C=O) groups is 1. The van der Waals surface area contributed by atoms with Crippen LogP contribution in [0.2, 0.25) is 18.1 Å². The fraction of sp³-hybridized carbons (Fsp3) is 0.952. The van der Waals surface area contributed by atoms with Crippen LogP contribution >= 0.6 is 0 Å². The van der Waals surface area contributed by atoms with Crippen molar-refractivity contribution in [3.63, 3.8) is 0 Å². The second-order valence-corrected chi connectivity index (χ2v) is 14.9. The van der Waals surface area contributed by atoms with Gasteiger partial charge >= 0.3 is 5.97 Å². The van der Waals surface area contributed by atoms with Crippen LogP contribution in [0.4, 0.5) is 0 Å². The molecule has 0 aromatic heterocycles. The van der Waals surface area contributed by atoms with Crippen LogP contribution in [0.5, 0.6) is 0 Å². The van der Waals surface area contributed by atoms with Gasteiger partial charge in [0.05, 0.1) is 18.1 Å². The monoisotopic (exact) mass is 372 g/mol. The Morgan fingerprint density at radius 1 is 1.00 bits per heavy atom. The molecule has 25 heavy (non-hydrogen) atoms. The van der Waals surface area contributed by atoms with Crippen molar-refractivity contribution in [2.75, 3.05) is 6.61 Å². The van der Waals surface area contributed by atoms with Gasteiger partial charge in [-0.05, 0) is 57.7 Å². The summed E-state index contributed by atoms with van der Waals surface area (Å²) in [6.07, 6.45) is 3.30. The molecule has 0 aliphatic heterocycles. The van der Waals surface area contributed by atoms with Gasteiger partial charge in [-0.15, -0.1) is 0 Å². The predicted molar refractivity (Wildman–Crippen MR) is 110 cm³/mol. The van der Waals surface area contributed by atoms with Crippen LogP contribution in [-0.2, 0) is 14.0 Å². The number of hydrogen-bond acceptors (Lipinski definition) is 3. The Morgan fingerprint density at radius 3 is 1.88 bits per heavy atom. The third-order valence-corrected chi connectivity index (χ3v) is 10.1. The quantitative estimate of drug-likeness (QED) is 0.345. The van der Waals surface area contributed by atoms with Gasteiger partial charge in [-0.3, -0.25) is 4.79 Å². The number of ether oxygens (including phenoxy) is 1. The molecule has 0 fully saturated rings. The normalized spacial score (nSPS) is 17.1. The van der Waals surface area contributed by atoms with E-state index in [0.29, 0.717) is 12.5 Å². The van der Waals surface area contributed by atoms with E-state index in [2.05, 4.69) is 54.6 Å². The first-order chi connectivity index (χ1) is 11.2. The molecule has 0 aromatic rings. The van der Waals surface area contributed by atoms with E-state index in [4.69, 9.17) is 9.16 Å². The molecule has 0 heterocycles. The van der Waals surface area contributed by atoms with Crippen LogP contribution in [0.1, 0.15) is 81.6 Å². The van der Waals surface area contributed by atoms with Crippen LogP contribution in [0.15, 0.2) is 0 Å². The molecule has 0 rings (SSSR count). The van der Waals surface area contributed by atoms with Crippen molar-refractivity contribution in [2.24, 2.45) is 17.3 Å².